The highest BCUT2D eigenvalue weighted by molar-refractivity contribution is 5.86. The summed E-state index contributed by atoms with van der Waals surface area (Å²) in [5.41, 5.74) is 8.40. The smallest absolute Gasteiger partial charge is 0.225 e. The predicted molar refractivity (Wildman–Crippen MR) is 88.6 cm³/mol. The van der Waals surface area contributed by atoms with E-state index >= 15 is 0 Å². The Morgan fingerprint density at radius 3 is 2.65 bits per heavy atom. The molecule has 3 heterocycles. The van der Waals surface area contributed by atoms with Gasteiger partial charge in [-0.05, 0) is 13.5 Å². The van der Waals surface area contributed by atoms with Gasteiger partial charge in [0.1, 0.15) is 0 Å². The number of likely N-dealkylation sites (N-methyl/N-ethyl adjacent to an activating group) is 1. The van der Waals surface area contributed by atoms with E-state index in [-0.39, 0.29) is 43.3 Å². The van der Waals surface area contributed by atoms with Gasteiger partial charge in [-0.1, -0.05) is 0 Å². The van der Waals surface area contributed by atoms with Gasteiger partial charge in [0.15, 0.2) is 0 Å². The SMILES string of the molecule is CN1CCc2nc(N3CC[C@@H](N)C3)ncc2C1.Cl.Cl.Cl. The molecule has 1 aromatic rings. The molecule has 1 atom stereocenters. The second kappa shape index (κ2) is 8.20. The fraction of sp³-hybridized carbons (Fsp3) is 0.667. The Balaban J connectivity index is 0.00000120. The summed E-state index contributed by atoms with van der Waals surface area (Å²) in [6.07, 6.45) is 4.06. The standard InChI is InChI=1S/C12H19N5.3ClH/c1-16-4-3-11-9(7-16)6-14-12(15-11)17-5-2-10(13)8-17;;;/h6,10H,2-5,7-8,13H2,1H3;3*1H/t10-;;;/m1.../s1. The summed E-state index contributed by atoms with van der Waals surface area (Å²) in [6, 6.07) is 0.278. The first kappa shape index (κ1) is 19.7. The summed E-state index contributed by atoms with van der Waals surface area (Å²) in [4.78, 5) is 13.7. The maximum atomic E-state index is 5.91. The van der Waals surface area contributed by atoms with Crippen LogP contribution in [0.5, 0.6) is 0 Å². The Morgan fingerprint density at radius 2 is 2.00 bits per heavy atom. The van der Waals surface area contributed by atoms with Crippen molar-refractivity contribution >= 4 is 43.2 Å². The van der Waals surface area contributed by atoms with Crippen molar-refractivity contribution in [3.8, 4) is 0 Å². The fourth-order valence-corrected chi connectivity index (χ4v) is 2.57. The molecule has 0 amide bonds. The highest BCUT2D eigenvalue weighted by Gasteiger charge is 2.23. The number of halogens is 3. The molecule has 20 heavy (non-hydrogen) atoms. The van der Waals surface area contributed by atoms with E-state index in [9.17, 15) is 0 Å². The molecular weight excluding hydrogens is 321 g/mol. The van der Waals surface area contributed by atoms with Crippen LogP contribution in [0.25, 0.3) is 0 Å². The van der Waals surface area contributed by atoms with Gasteiger partial charge in [-0.2, -0.15) is 0 Å². The average Bonchev–Trinajstić information content (AvgIpc) is 2.75. The maximum Gasteiger partial charge on any atom is 0.225 e. The molecule has 0 aliphatic carbocycles. The van der Waals surface area contributed by atoms with Crippen molar-refractivity contribution in [2.75, 3.05) is 31.6 Å². The van der Waals surface area contributed by atoms with E-state index < -0.39 is 0 Å². The molecule has 5 nitrogen and oxygen atoms in total. The maximum absolute atomic E-state index is 5.91. The topological polar surface area (TPSA) is 58.3 Å². The van der Waals surface area contributed by atoms with E-state index in [0.29, 0.717) is 0 Å². The number of nitrogens with two attached hydrogens (primary N) is 1. The second-order valence-electron chi connectivity index (χ2n) is 5.12. The van der Waals surface area contributed by atoms with Crippen molar-refractivity contribution in [1.82, 2.24) is 14.9 Å². The lowest BCUT2D eigenvalue weighted by molar-refractivity contribution is 0.309. The van der Waals surface area contributed by atoms with E-state index in [0.717, 1.165) is 45.0 Å². The third kappa shape index (κ3) is 4.09. The third-order valence-electron chi connectivity index (χ3n) is 3.62. The van der Waals surface area contributed by atoms with Gasteiger partial charge in [0.2, 0.25) is 5.95 Å². The number of nitrogens with zero attached hydrogens (tertiary/aromatic N) is 4. The van der Waals surface area contributed by atoms with Crippen LogP contribution in [0.4, 0.5) is 5.95 Å². The van der Waals surface area contributed by atoms with E-state index in [4.69, 9.17) is 10.7 Å². The first-order valence-electron chi connectivity index (χ1n) is 6.26. The van der Waals surface area contributed by atoms with Crippen LogP contribution < -0.4 is 10.6 Å². The Morgan fingerprint density at radius 1 is 1.25 bits per heavy atom. The van der Waals surface area contributed by atoms with Crippen molar-refractivity contribution < 1.29 is 0 Å². The first-order chi connectivity index (χ1) is 8.22. The Hall–Kier alpha value is -0.330. The van der Waals surface area contributed by atoms with Crippen LogP contribution in [0.1, 0.15) is 17.7 Å². The van der Waals surface area contributed by atoms with Gasteiger partial charge in [-0.15, -0.1) is 37.2 Å². The van der Waals surface area contributed by atoms with E-state index in [2.05, 4.69) is 21.8 Å². The molecule has 2 aliphatic rings. The minimum absolute atomic E-state index is 0. The minimum atomic E-state index is 0. The Bertz CT molecular complexity index is 432. The number of hydrogen-bond donors (Lipinski definition) is 1. The monoisotopic (exact) mass is 341 g/mol. The normalized spacial score (nSPS) is 21.3. The van der Waals surface area contributed by atoms with E-state index in [1.807, 2.05) is 6.20 Å². The largest absolute Gasteiger partial charge is 0.339 e. The molecule has 2 aliphatic heterocycles. The molecule has 1 fully saturated rings. The van der Waals surface area contributed by atoms with Crippen molar-refractivity contribution in [2.24, 2.45) is 5.73 Å². The van der Waals surface area contributed by atoms with Gasteiger partial charge in [0.05, 0.1) is 5.69 Å². The van der Waals surface area contributed by atoms with Gasteiger partial charge in [-0.25, -0.2) is 9.97 Å². The molecule has 2 N–H and O–H groups in total. The van der Waals surface area contributed by atoms with Gasteiger partial charge in [-0.3, -0.25) is 0 Å². The lowest BCUT2D eigenvalue weighted by atomic mass is 10.1. The highest BCUT2D eigenvalue weighted by Crippen LogP contribution is 2.20. The van der Waals surface area contributed by atoms with Gasteiger partial charge in [0, 0.05) is 50.4 Å². The Kier molecular flexibility index (Phi) is 8.06. The van der Waals surface area contributed by atoms with Gasteiger partial charge < -0.3 is 15.5 Å². The van der Waals surface area contributed by atoms with Crippen LogP contribution >= 0.6 is 37.2 Å². The quantitative estimate of drug-likeness (QED) is 0.833. The lowest BCUT2D eigenvalue weighted by Crippen LogP contribution is -2.30. The zero-order valence-corrected chi connectivity index (χ0v) is 13.9. The van der Waals surface area contributed by atoms with Crippen LogP contribution in [-0.2, 0) is 13.0 Å². The summed E-state index contributed by atoms with van der Waals surface area (Å²) in [5, 5.41) is 0. The molecule has 0 radical (unpaired) electrons. The van der Waals surface area contributed by atoms with Gasteiger partial charge in [0.25, 0.3) is 0 Å². The summed E-state index contributed by atoms with van der Waals surface area (Å²) < 4.78 is 0. The van der Waals surface area contributed by atoms with Crippen LogP contribution in [0.2, 0.25) is 0 Å². The van der Waals surface area contributed by atoms with Crippen molar-refractivity contribution in [3.05, 3.63) is 17.5 Å². The molecule has 0 aromatic carbocycles. The van der Waals surface area contributed by atoms with Crippen LogP contribution in [0.15, 0.2) is 6.20 Å². The number of rotatable bonds is 1. The fourth-order valence-electron chi connectivity index (χ4n) is 2.57. The third-order valence-corrected chi connectivity index (χ3v) is 3.62. The number of anilines is 1. The zero-order valence-electron chi connectivity index (χ0n) is 11.5. The predicted octanol–water partition coefficient (Wildman–Crippen LogP) is 1.27. The lowest BCUT2D eigenvalue weighted by Gasteiger charge is -2.25. The van der Waals surface area contributed by atoms with Crippen LogP contribution in [-0.4, -0.2) is 47.6 Å². The molecule has 1 saturated heterocycles. The van der Waals surface area contributed by atoms with E-state index in [1.165, 1.54) is 11.3 Å². The van der Waals surface area contributed by atoms with Crippen molar-refractivity contribution in [1.29, 1.82) is 0 Å². The van der Waals surface area contributed by atoms with Gasteiger partial charge >= 0.3 is 0 Å². The molecule has 0 spiro atoms. The number of hydrogen-bond acceptors (Lipinski definition) is 5. The van der Waals surface area contributed by atoms with Crippen molar-refractivity contribution in [3.63, 3.8) is 0 Å². The Labute approximate surface area is 138 Å². The molecule has 0 saturated carbocycles. The minimum Gasteiger partial charge on any atom is -0.339 e. The molecule has 0 unspecified atom stereocenters. The van der Waals surface area contributed by atoms with E-state index in [1.54, 1.807) is 0 Å². The summed E-state index contributed by atoms with van der Waals surface area (Å²) >= 11 is 0. The summed E-state index contributed by atoms with van der Waals surface area (Å²) in [6.45, 7) is 3.93. The summed E-state index contributed by atoms with van der Waals surface area (Å²) in [7, 11) is 2.14. The molecule has 1 aromatic heterocycles. The molecule has 116 valence electrons. The first-order valence-corrected chi connectivity index (χ1v) is 6.26. The summed E-state index contributed by atoms with van der Waals surface area (Å²) in [5.74, 6) is 0.862. The molecule has 3 rings (SSSR count). The molecule has 8 heteroatoms. The molecule has 0 bridgehead atoms. The van der Waals surface area contributed by atoms with Crippen LogP contribution in [0.3, 0.4) is 0 Å². The number of fused-ring (bicyclic) bond motifs is 1. The average molecular weight is 343 g/mol. The highest BCUT2D eigenvalue weighted by atomic mass is 35.5. The van der Waals surface area contributed by atoms with Crippen LogP contribution in [0, 0.1) is 0 Å². The number of aromatic nitrogens is 2. The second-order valence-corrected chi connectivity index (χ2v) is 5.12. The molecular formula is C12H22Cl3N5. The van der Waals surface area contributed by atoms with Crippen molar-refractivity contribution in [2.45, 2.75) is 25.4 Å². The zero-order chi connectivity index (χ0) is 11.8.